The molecule has 0 aromatic rings. The Balaban J connectivity index is 2.37. The van der Waals surface area contributed by atoms with E-state index in [1.807, 2.05) is 0 Å². The van der Waals surface area contributed by atoms with Gasteiger partial charge < -0.3 is 10.6 Å². The van der Waals surface area contributed by atoms with Crippen LogP contribution in [0.15, 0.2) is 0 Å². The van der Waals surface area contributed by atoms with Crippen LogP contribution in [0.1, 0.15) is 27.2 Å². The second-order valence-electron chi connectivity index (χ2n) is 4.26. The maximum absolute atomic E-state index is 3.56. The van der Waals surface area contributed by atoms with E-state index in [1.165, 1.54) is 6.42 Å². The summed E-state index contributed by atoms with van der Waals surface area (Å²) in [5, 5.41) is 6.98. The molecule has 1 aliphatic rings. The Morgan fingerprint density at radius 2 is 2.09 bits per heavy atom. The van der Waals surface area contributed by atoms with Gasteiger partial charge in [0, 0.05) is 25.2 Å². The lowest BCUT2D eigenvalue weighted by atomic mass is 9.89. The highest BCUT2D eigenvalue weighted by atomic mass is 15.1. The largest absolute Gasteiger partial charge is 0.314 e. The second kappa shape index (κ2) is 3.55. The normalized spacial score (nSPS) is 32.7. The molecule has 0 aromatic heterocycles. The molecule has 0 amide bonds. The highest BCUT2D eigenvalue weighted by Gasteiger charge is 2.26. The van der Waals surface area contributed by atoms with Crippen LogP contribution >= 0.6 is 0 Å². The fraction of sp³-hybridized carbons (Fsp3) is 1.00. The third-order valence-electron chi connectivity index (χ3n) is 2.23. The maximum atomic E-state index is 3.56. The van der Waals surface area contributed by atoms with Gasteiger partial charge in [-0.1, -0.05) is 13.8 Å². The van der Waals surface area contributed by atoms with E-state index in [0.717, 1.165) is 25.6 Å². The molecule has 0 radical (unpaired) electrons. The summed E-state index contributed by atoms with van der Waals surface area (Å²) in [7, 11) is 0. The first-order valence-corrected chi connectivity index (χ1v) is 4.58. The Hall–Kier alpha value is -0.0800. The number of rotatable bonds is 2. The smallest absolute Gasteiger partial charge is 0.0280 e. The molecular weight excluding hydrogens is 136 g/mol. The van der Waals surface area contributed by atoms with E-state index in [2.05, 4.69) is 31.4 Å². The number of nitrogens with one attached hydrogen (secondary N) is 2. The lowest BCUT2D eigenvalue weighted by Crippen LogP contribution is -2.57. The molecule has 1 unspecified atom stereocenters. The van der Waals surface area contributed by atoms with Gasteiger partial charge >= 0.3 is 0 Å². The van der Waals surface area contributed by atoms with Crippen molar-refractivity contribution < 1.29 is 0 Å². The molecule has 1 heterocycles. The van der Waals surface area contributed by atoms with Crippen molar-refractivity contribution in [3.05, 3.63) is 0 Å². The van der Waals surface area contributed by atoms with Gasteiger partial charge in [-0.15, -0.1) is 0 Å². The van der Waals surface area contributed by atoms with E-state index in [0.29, 0.717) is 5.54 Å². The van der Waals surface area contributed by atoms with Crippen LogP contribution < -0.4 is 10.6 Å². The van der Waals surface area contributed by atoms with E-state index in [4.69, 9.17) is 0 Å². The summed E-state index contributed by atoms with van der Waals surface area (Å²) in [5.41, 5.74) is 0.340. The highest BCUT2D eigenvalue weighted by Crippen LogP contribution is 2.16. The molecule has 11 heavy (non-hydrogen) atoms. The predicted octanol–water partition coefficient (Wildman–Crippen LogP) is 0.984. The summed E-state index contributed by atoms with van der Waals surface area (Å²) in [6, 6.07) is 0. The van der Waals surface area contributed by atoms with Gasteiger partial charge in [0.15, 0.2) is 0 Å². The number of hydrogen-bond donors (Lipinski definition) is 2. The van der Waals surface area contributed by atoms with Crippen LogP contribution in [0, 0.1) is 5.92 Å². The van der Waals surface area contributed by atoms with Crippen molar-refractivity contribution in [3.63, 3.8) is 0 Å². The Labute approximate surface area is 69.8 Å². The van der Waals surface area contributed by atoms with Crippen molar-refractivity contribution in [3.8, 4) is 0 Å². The third kappa shape index (κ3) is 2.80. The van der Waals surface area contributed by atoms with Crippen LogP contribution in [0.4, 0.5) is 0 Å². The standard InChI is InChI=1S/C9H20N2/c1-8(2)6-9(3)7-10-4-5-11-9/h8,10-11H,4-7H2,1-3H3. The van der Waals surface area contributed by atoms with E-state index in [9.17, 15) is 0 Å². The van der Waals surface area contributed by atoms with Crippen LogP contribution in [-0.4, -0.2) is 25.2 Å². The first kappa shape index (κ1) is 9.01. The molecule has 0 aliphatic carbocycles. The Bertz CT molecular complexity index is 115. The van der Waals surface area contributed by atoms with E-state index < -0.39 is 0 Å². The Morgan fingerprint density at radius 3 is 2.55 bits per heavy atom. The summed E-state index contributed by atoms with van der Waals surface area (Å²) in [5.74, 6) is 0.785. The van der Waals surface area contributed by atoms with Crippen molar-refractivity contribution in [2.45, 2.75) is 32.7 Å². The van der Waals surface area contributed by atoms with Crippen LogP contribution in [0.3, 0.4) is 0 Å². The molecular formula is C9H20N2. The van der Waals surface area contributed by atoms with Gasteiger partial charge in [-0.3, -0.25) is 0 Å². The Kier molecular flexibility index (Phi) is 2.90. The lowest BCUT2D eigenvalue weighted by molar-refractivity contribution is 0.250. The molecule has 66 valence electrons. The molecule has 0 saturated carbocycles. The quantitative estimate of drug-likeness (QED) is 0.623. The minimum absolute atomic E-state index is 0.340. The van der Waals surface area contributed by atoms with Gasteiger partial charge in [0.2, 0.25) is 0 Å². The molecule has 1 rings (SSSR count). The molecule has 1 aliphatic heterocycles. The predicted molar refractivity (Wildman–Crippen MR) is 48.7 cm³/mol. The minimum atomic E-state index is 0.340. The van der Waals surface area contributed by atoms with E-state index in [-0.39, 0.29) is 0 Å². The average molecular weight is 156 g/mol. The minimum Gasteiger partial charge on any atom is -0.314 e. The molecule has 0 bridgehead atoms. The molecule has 2 heteroatoms. The van der Waals surface area contributed by atoms with Gasteiger partial charge in [-0.05, 0) is 19.3 Å². The van der Waals surface area contributed by atoms with Gasteiger partial charge in [0.25, 0.3) is 0 Å². The van der Waals surface area contributed by atoms with Crippen LogP contribution in [0.2, 0.25) is 0 Å². The number of piperazine rings is 1. The van der Waals surface area contributed by atoms with Crippen molar-refractivity contribution in [1.82, 2.24) is 10.6 Å². The molecule has 2 N–H and O–H groups in total. The molecule has 1 saturated heterocycles. The van der Waals surface area contributed by atoms with Crippen LogP contribution in [-0.2, 0) is 0 Å². The highest BCUT2D eigenvalue weighted by molar-refractivity contribution is 4.89. The summed E-state index contributed by atoms with van der Waals surface area (Å²) in [6.45, 7) is 10.2. The molecule has 0 aromatic carbocycles. The zero-order valence-corrected chi connectivity index (χ0v) is 7.91. The molecule has 2 nitrogen and oxygen atoms in total. The van der Waals surface area contributed by atoms with Gasteiger partial charge in [0.05, 0.1) is 0 Å². The monoisotopic (exact) mass is 156 g/mol. The average Bonchev–Trinajstić information content (AvgIpc) is 1.85. The first-order chi connectivity index (χ1) is 5.12. The van der Waals surface area contributed by atoms with Crippen molar-refractivity contribution in [2.24, 2.45) is 5.92 Å². The topological polar surface area (TPSA) is 24.1 Å². The summed E-state index contributed by atoms with van der Waals surface area (Å²) < 4.78 is 0. The zero-order chi connectivity index (χ0) is 8.32. The van der Waals surface area contributed by atoms with Gasteiger partial charge in [0.1, 0.15) is 0 Å². The molecule has 1 fully saturated rings. The van der Waals surface area contributed by atoms with Crippen molar-refractivity contribution in [1.29, 1.82) is 0 Å². The van der Waals surface area contributed by atoms with Crippen LogP contribution in [0.25, 0.3) is 0 Å². The fourth-order valence-electron chi connectivity index (χ4n) is 1.92. The second-order valence-corrected chi connectivity index (χ2v) is 4.26. The lowest BCUT2D eigenvalue weighted by Gasteiger charge is -2.36. The fourth-order valence-corrected chi connectivity index (χ4v) is 1.92. The molecule has 1 atom stereocenters. The van der Waals surface area contributed by atoms with Gasteiger partial charge in [-0.25, -0.2) is 0 Å². The Morgan fingerprint density at radius 1 is 1.36 bits per heavy atom. The third-order valence-corrected chi connectivity index (χ3v) is 2.23. The van der Waals surface area contributed by atoms with E-state index >= 15 is 0 Å². The molecule has 0 spiro atoms. The summed E-state index contributed by atoms with van der Waals surface area (Å²) >= 11 is 0. The number of hydrogen-bond acceptors (Lipinski definition) is 2. The summed E-state index contributed by atoms with van der Waals surface area (Å²) in [6.07, 6.45) is 1.26. The summed E-state index contributed by atoms with van der Waals surface area (Å²) in [4.78, 5) is 0. The first-order valence-electron chi connectivity index (χ1n) is 4.58. The van der Waals surface area contributed by atoms with Crippen molar-refractivity contribution >= 4 is 0 Å². The van der Waals surface area contributed by atoms with Crippen molar-refractivity contribution in [2.75, 3.05) is 19.6 Å². The maximum Gasteiger partial charge on any atom is 0.0280 e. The van der Waals surface area contributed by atoms with Gasteiger partial charge in [-0.2, -0.15) is 0 Å². The zero-order valence-electron chi connectivity index (χ0n) is 7.91. The van der Waals surface area contributed by atoms with Crippen LogP contribution in [0.5, 0.6) is 0 Å². The van der Waals surface area contributed by atoms with E-state index in [1.54, 1.807) is 0 Å². The SMILES string of the molecule is CC(C)CC1(C)CNCCN1.